The van der Waals surface area contributed by atoms with E-state index in [4.69, 9.17) is 14.6 Å². The minimum atomic E-state index is -0.235. The summed E-state index contributed by atoms with van der Waals surface area (Å²) in [5.41, 5.74) is 6.80. The lowest BCUT2D eigenvalue weighted by Gasteiger charge is -2.49. The molecule has 1 spiro atoms. The van der Waals surface area contributed by atoms with Crippen LogP contribution in [0.4, 0.5) is 4.79 Å². The van der Waals surface area contributed by atoms with Crippen molar-refractivity contribution in [1.29, 1.82) is 0 Å². The third kappa shape index (κ3) is 6.15. The maximum absolute atomic E-state index is 12.8. The van der Waals surface area contributed by atoms with Crippen molar-refractivity contribution in [2.75, 3.05) is 39.8 Å². The molecule has 0 N–H and O–H groups in total. The summed E-state index contributed by atoms with van der Waals surface area (Å²) in [7, 11) is 1.54. The lowest BCUT2D eigenvalue weighted by atomic mass is 9.78. The zero-order valence-electron chi connectivity index (χ0n) is 24.8. The van der Waals surface area contributed by atoms with Gasteiger partial charge in [0.15, 0.2) is 11.7 Å². The molecule has 2 aliphatic heterocycles. The van der Waals surface area contributed by atoms with Crippen LogP contribution in [0.25, 0.3) is 5.69 Å². The Hall–Kier alpha value is -3.87. The van der Waals surface area contributed by atoms with Crippen LogP contribution >= 0.6 is 0 Å². The molecule has 1 saturated carbocycles. The van der Waals surface area contributed by atoms with Gasteiger partial charge < -0.3 is 19.3 Å². The van der Waals surface area contributed by atoms with E-state index >= 15 is 0 Å². The van der Waals surface area contributed by atoms with Crippen molar-refractivity contribution in [2.45, 2.75) is 58.0 Å². The van der Waals surface area contributed by atoms with E-state index in [-0.39, 0.29) is 17.4 Å². The first kappa shape index (κ1) is 28.3. The minimum absolute atomic E-state index is 0.0708. The molecule has 1 amide bonds. The summed E-state index contributed by atoms with van der Waals surface area (Å²) >= 11 is 0. The monoisotopic (exact) mass is 568 g/mol. The van der Waals surface area contributed by atoms with Crippen molar-refractivity contribution in [3.8, 4) is 5.69 Å². The lowest BCUT2D eigenvalue weighted by molar-refractivity contribution is 0.00248. The predicted molar refractivity (Wildman–Crippen MR) is 160 cm³/mol. The predicted octanol–water partition coefficient (Wildman–Crippen LogP) is 5.55. The standard InChI is InChI=1S/C34H40N4O4/c1-24-13-25(2)38(35-24)31-15-28(27-9-10-27)14-29(16-31)30(17-32(19-39)41-3)18-36-21-34(22-36)11-12-37(23-34)33(40)42-20-26-7-5-4-6-8-26/h4-8,13-16,27,30H,9-12,17-18,20-23H2,1-3H3/t30-/m1/s1. The highest BCUT2D eigenvalue weighted by Gasteiger charge is 2.49. The summed E-state index contributed by atoms with van der Waals surface area (Å²) < 4.78 is 13.0. The van der Waals surface area contributed by atoms with Gasteiger partial charge in [0, 0.05) is 56.2 Å². The molecule has 8 heteroatoms. The molecule has 2 saturated heterocycles. The Morgan fingerprint density at radius 3 is 2.55 bits per heavy atom. The number of carbonyl (C=O) groups excluding carboxylic acids is 2. The van der Waals surface area contributed by atoms with Crippen LogP contribution in [0.1, 0.15) is 65.6 Å². The summed E-state index contributed by atoms with van der Waals surface area (Å²) in [4.78, 5) is 28.8. The molecule has 3 aliphatic rings. The fraction of sp³-hybridized carbons (Fsp3) is 0.471. The maximum Gasteiger partial charge on any atom is 0.410 e. The number of methoxy groups -OCH3 is 1. The van der Waals surface area contributed by atoms with Gasteiger partial charge in [0.05, 0.1) is 18.5 Å². The fourth-order valence-electron chi connectivity index (χ4n) is 6.74. The molecule has 42 heavy (non-hydrogen) atoms. The number of hydrogen-bond donors (Lipinski definition) is 0. The van der Waals surface area contributed by atoms with Crippen LogP contribution in [0.3, 0.4) is 0 Å². The van der Waals surface area contributed by atoms with E-state index in [2.05, 4.69) is 36.1 Å². The Kier molecular flexibility index (Phi) is 7.93. The van der Waals surface area contributed by atoms with Crippen LogP contribution in [-0.4, -0.2) is 71.4 Å². The van der Waals surface area contributed by atoms with Gasteiger partial charge in [-0.2, -0.15) is 5.10 Å². The van der Waals surface area contributed by atoms with Gasteiger partial charge >= 0.3 is 6.09 Å². The number of amides is 1. The molecule has 6 rings (SSSR count). The Balaban J connectivity index is 1.15. The van der Waals surface area contributed by atoms with Crippen molar-refractivity contribution < 1.29 is 19.1 Å². The lowest BCUT2D eigenvalue weighted by Crippen LogP contribution is -2.58. The number of rotatable bonds is 10. The van der Waals surface area contributed by atoms with Crippen LogP contribution in [-0.2, 0) is 20.9 Å². The third-order valence-corrected chi connectivity index (χ3v) is 9.03. The molecule has 0 unspecified atom stereocenters. The topological polar surface area (TPSA) is 76.9 Å². The summed E-state index contributed by atoms with van der Waals surface area (Å²) in [5.74, 6) is 3.01. The Morgan fingerprint density at radius 2 is 1.88 bits per heavy atom. The average Bonchev–Trinajstić information content (AvgIpc) is 3.65. The zero-order valence-corrected chi connectivity index (χ0v) is 24.8. The summed E-state index contributed by atoms with van der Waals surface area (Å²) in [6.45, 7) is 8.49. The molecule has 8 nitrogen and oxygen atoms in total. The fourth-order valence-corrected chi connectivity index (χ4v) is 6.74. The highest BCUT2D eigenvalue weighted by atomic mass is 16.6. The minimum Gasteiger partial charge on any atom is -0.490 e. The second-order valence-corrected chi connectivity index (χ2v) is 12.5. The number of carbonyl (C=O) groups is 1. The summed E-state index contributed by atoms with van der Waals surface area (Å²) in [5, 5.41) is 4.75. The second-order valence-electron chi connectivity index (χ2n) is 12.5. The zero-order chi connectivity index (χ0) is 29.3. The first-order chi connectivity index (χ1) is 20.3. The van der Waals surface area contributed by atoms with Gasteiger partial charge in [0.1, 0.15) is 6.61 Å². The number of ether oxygens (including phenoxy) is 2. The van der Waals surface area contributed by atoms with Crippen molar-refractivity contribution in [2.24, 2.45) is 5.41 Å². The molecule has 2 aromatic carbocycles. The molecule has 3 aromatic rings. The smallest absolute Gasteiger partial charge is 0.410 e. The Morgan fingerprint density at radius 1 is 1.10 bits per heavy atom. The first-order valence-corrected chi connectivity index (χ1v) is 15.0. The van der Waals surface area contributed by atoms with Crippen LogP contribution < -0.4 is 0 Å². The molecular formula is C34H40N4O4. The Bertz CT molecular complexity index is 1480. The van der Waals surface area contributed by atoms with Gasteiger partial charge in [-0.05, 0) is 73.9 Å². The number of aryl methyl sites for hydroxylation is 2. The van der Waals surface area contributed by atoms with Crippen LogP contribution in [0, 0.1) is 19.3 Å². The normalized spacial score (nSPS) is 18.4. The van der Waals surface area contributed by atoms with Crippen LogP contribution in [0.5, 0.6) is 0 Å². The number of allylic oxidation sites excluding steroid dienone is 1. The number of aromatic nitrogens is 2. The molecule has 0 bridgehead atoms. The molecular weight excluding hydrogens is 528 g/mol. The molecule has 1 atom stereocenters. The van der Waals surface area contributed by atoms with E-state index < -0.39 is 0 Å². The van der Waals surface area contributed by atoms with E-state index in [0.29, 0.717) is 24.7 Å². The van der Waals surface area contributed by atoms with E-state index in [0.717, 1.165) is 61.8 Å². The number of likely N-dealkylation sites (tertiary alicyclic amines) is 2. The van der Waals surface area contributed by atoms with Crippen molar-refractivity contribution in [3.05, 3.63) is 88.4 Å². The SMILES string of the molecule is COC(=C=O)C[C@H](CN1CC2(CCN(C(=O)OCc3ccccc3)C2)C1)c1cc(C2CC2)cc(-n2nc(C)cc2C)c1. The number of benzene rings is 2. The van der Waals surface area contributed by atoms with Crippen molar-refractivity contribution in [1.82, 2.24) is 19.6 Å². The molecule has 0 radical (unpaired) electrons. The number of nitrogens with zero attached hydrogens (tertiary/aromatic N) is 4. The van der Waals surface area contributed by atoms with Crippen molar-refractivity contribution >= 4 is 12.0 Å². The van der Waals surface area contributed by atoms with E-state index in [9.17, 15) is 9.59 Å². The Labute approximate surface area is 247 Å². The largest absolute Gasteiger partial charge is 0.490 e. The molecule has 3 fully saturated rings. The molecule has 3 heterocycles. The molecule has 220 valence electrons. The molecule has 1 aromatic heterocycles. The van der Waals surface area contributed by atoms with Gasteiger partial charge in [-0.25, -0.2) is 14.3 Å². The van der Waals surface area contributed by atoms with E-state index in [1.54, 1.807) is 7.11 Å². The highest BCUT2D eigenvalue weighted by Crippen LogP contribution is 2.44. The van der Waals surface area contributed by atoms with Crippen LogP contribution in [0.15, 0.2) is 60.4 Å². The van der Waals surface area contributed by atoms with E-state index in [1.165, 1.54) is 24.0 Å². The van der Waals surface area contributed by atoms with Crippen molar-refractivity contribution in [3.63, 3.8) is 0 Å². The maximum atomic E-state index is 12.8. The highest BCUT2D eigenvalue weighted by molar-refractivity contribution is 5.68. The quantitative estimate of drug-likeness (QED) is 0.236. The summed E-state index contributed by atoms with van der Waals surface area (Å²) in [6.07, 6.45) is 3.65. The van der Waals surface area contributed by atoms with Gasteiger partial charge in [0.2, 0.25) is 0 Å². The third-order valence-electron chi connectivity index (χ3n) is 9.03. The average molecular weight is 569 g/mol. The second kappa shape index (κ2) is 11.8. The summed E-state index contributed by atoms with van der Waals surface area (Å²) in [6, 6.07) is 18.7. The molecule has 1 aliphatic carbocycles. The van der Waals surface area contributed by atoms with Crippen LogP contribution in [0.2, 0.25) is 0 Å². The first-order valence-electron chi connectivity index (χ1n) is 15.0. The van der Waals surface area contributed by atoms with Gasteiger partial charge in [-0.15, -0.1) is 0 Å². The van der Waals surface area contributed by atoms with Gasteiger partial charge in [0.25, 0.3) is 0 Å². The van der Waals surface area contributed by atoms with Gasteiger partial charge in [-0.1, -0.05) is 36.4 Å². The van der Waals surface area contributed by atoms with Gasteiger partial charge in [-0.3, -0.25) is 0 Å². The number of hydrogen-bond acceptors (Lipinski definition) is 6. The van der Waals surface area contributed by atoms with E-state index in [1.807, 2.05) is 52.8 Å².